The summed E-state index contributed by atoms with van der Waals surface area (Å²) in [6.45, 7) is 2.56. The molecular weight excluding hydrogens is 292 g/mol. The van der Waals surface area contributed by atoms with E-state index in [4.69, 9.17) is 10.2 Å². The highest BCUT2D eigenvalue weighted by Gasteiger charge is 2.24. The summed E-state index contributed by atoms with van der Waals surface area (Å²) in [6.07, 6.45) is 2.10. The first-order valence-electron chi connectivity index (χ1n) is 7.91. The highest BCUT2D eigenvalue weighted by molar-refractivity contribution is 5.81. The third kappa shape index (κ3) is 4.94. The van der Waals surface area contributed by atoms with Gasteiger partial charge in [-0.1, -0.05) is 43.7 Å². The zero-order chi connectivity index (χ0) is 16.7. The number of amides is 1. The van der Waals surface area contributed by atoms with Crippen molar-refractivity contribution in [3.05, 3.63) is 60.1 Å². The standard InChI is InChI=1S/C18H24N2O3/c1-2-7-15(19)18(22)20(12-14-8-4-3-5-9-14)13-16(21)17-10-6-11-23-17/h3-6,8-11,15-16,21H,2,7,12-13,19H2,1H3. The van der Waals surface area contributed by atoms with E-state index in [-0.39, 0.29) is 12.5 Å². The molecule has 1 heterocycles. The van der Waals surface area contributed by atoms with Crippen molar-refractivity contribution >= 4 is 5.91 Å². The number of furan rings is 1. The molecule has 5 nitrogen and oxygen atoms in total. The van der Waals surface area contributed by atoms with Crippen molar-refractivity contribution in [3.8, 4) is 0 Å². The molecule has 2 unspecified atom stereocenters. The first kappa shape index (κ1) is 17.2. The summed E-state index contributed by atoms with van der Waals surface area (Å²) in [6, 6.07) is 12.5. The Morgan fingerprint density at radius 3 is 2.61 bits per heavy atom. The van der Waals surface area contributed by atoms with E-state index in [1.54, 1.807) is 17.0 Å². The van der Waals surface area contributed by atoms with E-state index in [1.807, 2.05) is 37.3 Å². The Balaban J connectivity index is 2.11. The topological polar surface area (TPSA) is 79.7 Å². The number of carbonyl (C=O) groups is 1. The molecule has 0 aliphatic rings. The van der Waals surface area contributed by atoms with Crippen LogP contribution in [0, 0.1) is 0 Å². The summed E-state index contributed by atoms with van der Waals surface area (Å²) in [4.78, 5) is 14.2. The van der Waals surface area contributed by atoms with Crippen molar-refractivity contribution in [1.82, 2.24) is 4.90 Å². The van der Waals surface area contributed by atoms with Gasteiger partial charge >= 0.3 is 0 Å². The predicted octanol–water partition coefficient (Wildman–Crippen LogP) is 2.47. The van der Waals surface area contributed by atoms with Crippen LogP contribution in [0.4, 0.5) is 0 Å². The number of rotatable bonds is 8. The fourth-order valence-corrected chi connectivity index (χ4v) is 2.48. The van der Waals surface area contributed by atoms with E-state index in [1.165, 1.54) is 6.26 Å². The molecule has 2 aromatic rings. The van der Waals surface area contributed by atoms with Gasteiger partial charge in [-0.3, -0.25) is 4.79 Å². The van der Waals surface area contributed by atoms with Gasteiger partial charge in [0.15, 0.2) is 0 Å². The van der Waals surface area contributed by atoms with Crippen LogP contribution in [0.5, 0.6) is 0 Å². The smallest absolute Gasteiger partial charge is 0.239 e. The van der Waals surface area contributed by atoms with Crippen molar-refractivity contribution in [2.24, 2.45) is 5.73 Å². The Kier molecular flexibility index (Phi) is 6.38. The second-order valence-corrected chi connectivity index (χ2v) is 5.63. The fraction of sp³-hybridized carbons (Fsp3) is 0.389. The third-order valence-electron chi connectivity index (χ3n) is 3.71. The quantitative estimate of drug-likeness (QED) is 0.784. The van der Waals surface area contributed by atoms with Gasteiger partial charge in [0.2, 0.25) is 5.91 Å². The molecule has 2 rings (SSSR count). The number of benzene rings is 1. The molecule has 1 aromatic heterocycles. The average molecular weight is 316 g/mol. The second-order valence-electron chi connectivity index (χ2n) is 5.63. The lowest BCUT2D eigenvalue weighted by molar-refractivity contribution is -0.135. The Labute approximate surface area is 136 Å². The van der Waals surface area contributed by atoms with Crippen molar-refractivity contribution in [1.29, 1.82) is 0 Å². The SMILES string of the molecule is CCCC(N)C(=O)N(Cc1ccccc1)CC(O)c1ccco1. The molecule has 0 aliphatic carbocycles. The Morgan fingerprint density at radius 2 is 2.00 bits per heavy atom. The molecular formula is C18H24N2O3. The molecule has 0 saturated heterocycles. The number of carbonyl (C=O) groups excluding carboxylic acids is 1. The van der Waals surface area contributed by atoms with E-state index in [2.05, 4.69) is 0 Å². The molecule has 124 valence electrons. The van der Waals surface area contributed by atoms with Crippen LogP contribution < -0.4 is 5.73 Å². The highest BCUT2D eigenvalue weighted by atomic mass is 16.4. The van der Waals surface area contributed by atoms with Gasteiger partial charge in [-0.05, 0) is 24.1 Å². The summed E-state index contributed by atoms with van der Waals surface area (Å²) >= 11 is 0. The Morgan fingerprint density at radius 1 is 1.26 bits per heavy atom. The molecule has 3 N–H and O–H groups in total. The Bertz CT molecular complexity index is 584. The maximum Gasteiger partial charge on any atom is 0.239 e. The first-order chi connectivity index (χ1) is 11.1. The van der Waals surface area contributed by atoms with E-state index in [0.29, 0.717) is 18.7 Å². The summed E-state index contributed by atoms with van der Waals surface area (Å²) in [5, 5.41) is 10.3. The molecule has 0 saturated carbocycles. The molecule has 0 fully saturated rings. The normalized spacial score (nSPS) is 13.5. The Hall–Kier alpha value is -2.11. The molecule has 0 aliphatic heterocycles. The molecule has 5 heteroatoms. The number of aliphatic hydroxyl groups excluding tert-OH is 1. The van der Waals surface area contributed by atoms with Crippen LogP contribution in [0.1, 0.15) is 37.2 Å². The van der Waals surface area contributed by atoms with Crippen molar-refractivity contribution < 1.29 is 14.3 Å². The minimum absolute atomic E-state index is 0.151. The van der Waals surface area contributed by atoms with Crippen LogP contribution in [0.2, 0.25) is 0 Å². The molecule has 1 aromatic carbocycles. The van der Waals surface area contributed by atoms with E-state index in [0.717, 1.165) is 12.0 Å². The van der Waals surface area contributed by atoms with Gasteiger partial charge in [-0.15, -0.1) is 0 Å². The predicted molar refractivity (Wildman–Crippen MR) is 88.4 cm³/mol. The maximum absolute atomic E-state index is 12.6. The minimum Gasteiger partial charge on any atom is -0.467 e. The van der Waals surface area contributed by atoms with Crippen LogP contribution >= 0.6 is 0 Å². The van der Waals surface area contributed by atoms with Gasteiger partial charge in [0.1, 0.15) is 11.9 Å². The number of hydrogen-bond acceptors (Lipinski definition) is 4. The third-order valence-corrected chi connectivity index (χ3v) is 3.71. The molecule has 0 spiro atoms. The van der Waals surface area contributed by atoms with Gasteiger partial charge in [0, 0.05) is 6.54 Å². The summed E-state index contributed by atoms with van der Waals surface area (Å²) in [5.41, 5.74) is 6.98. The highest BCUT2D eigenvalue weighted by Crippen LogP contribution is 2.17. The lowest BCUT2D eigenvalue weighted by Gasteiger charge is -2.27. The molecule has 0 bridgehead atoms. The lowest BCUT2D eigenvalue weighted by atomic mass is 10.1. The summed E-state index contributed by atoms with van der Waals surface area (Å²) in [5.74, 6) is 0.293. The number of nitrogens with zero attached hydrogens (tertiary/aromatic N) is 1. The average Bonchev–Trinajstić information content (AvgIpc) is 3.09. The van der Waals surface area contributed by atoms with Crippen LogP contribution in [0.25, 0.3) is 0 Å². The lowest BCUT2D eigenvalue weighted by Crippen LogP contribution is -2.44. The van der Waals surface area contributed by atoms with Gasteiger partial charge < -0.3 is 20.2 Å². The number of hydrogen-bond donors (Lipinski definition) is 2. The van der Waals surface area contributed by atoms with Gasteiger partial charge in [0.25, 0.3) is 0 Å². The second kappa shape index (κ2) is 8.50. The van der Waals surface area contributed by atoms with Crippen LogP contribution in [-0.4, -0.2) is 28.5 Å². The van der Waals surface area contributed by atoms with E-state index < -0.39 is 12.1 Å². The van der Waals surface area contributed by atoms with Gasteiger partial charge in [-0.25, -0.2) is 0 Å². The maximum atomic E-state index is 12.6. The van der Waals surface area contributed by atoms with Crippen molar-refractivity contribution in [2.75, 3.05) is 6.54 Å². The molecule has 2 atom stereocenters. The zero-order valence-electron chi connectivity index (χ0n) is 13.4. The van der Waals surface area contributed by atoms with Gasteiger partial charge in [-0.2, -0.15) is 0 Å². The first-order valence-corrected chi connectivity index (χ1v) is 7.91. The molecule has 0 radical (unpaired) electrons. The summed E-state index contributed by atoms with van der Waals surface area (Å²) in [7, 11) is 0. The molecule has 23 heavy (non-hydrogen) atoms. The van der Waals surface area contributed by atoms with Crippen LogP contribution in [0.15, 0.2) is 53.1 Å². The fourth-order valence-electron chi connectivity index (χ4n) is 2.48. The summed E-state index contributed by atoms with van der Waals surface area (Å²) < 4.78 is 5.21. The van der Waals surface area contributed by atoms with Gasteiger partial charge in [0.05, 0.1) is 18.8 Å². The largest absolute Gasteiger partial charge is 0.467 e. The van der Waals surface area contributed by atoms with Crippen molar-refractivity contribution in [3.63, 3.8) is 0 Å². The van der Waals surface area contributed by atoms with Crippen LogP contribution in [-0.2, 0) is 11.3 Å². The minimum atomic E-state index is -0.869. The zero-order valence-corrected chi connectivity index (χ0v) is 13.4. The monoisotopic (exact) mass is 316 g/mol. The molecule has 1 amide bonds. The number of aliphatic hydroxyl groups is 1. The van der Waals surface area contributed by atoms with E-state index in [9.17, 15) is 9.90 Å². The number of nitrogens with two attached hydrogens (primary N) is 1. The van der Waals surface area contributed by atoms with Crippen molar-refractivity contribution in [2.45, 2.75) is 38.5 Å². The van der Waals surface area contributed by atoms with Crippen LogP contribution in [0.3, 0.4) is 0 Å². The van der Waals surface area contributed by atoms with E-state index >= 15 is 0 Å².